The fraction of sp³-hybridized carbons (Fsp3) is 0.467. The normalized spacial score (nSPS) is 17.9. The predicted octanol–water partition coefficient (Wildman–Crippen LogP) is 5.18. The number of aromatic nitrogens is 2. The third-order valence-electron chi connectivity index (χ3n) is 7.44. The maximum absolute atomic E-state index is 9.54. The molecule has 4 heterocycles. The zero-order valence-corrected chi connectivity index (χ0v) is 24.5. The smallest absolute Gasteiger partial charge is 0.220 e. The number of rotatable bonds is 9. The van der Waals surface area contributed by atoms with E-state index in [0.717, 1.165) is 94.3 Å². The second-order valence-corrected chi connectivity index (χ2v) is 11.6. The van der Waals surface area contributed by atoms with E-state index in [1.165, 1.54) is 0 Å². The van der Waals surface area contributed by atoms with Gasteiger partial charge in [-0.15, -0.1) is 0 Å². The topological polar surface area (TPSA) is 85.8 Å². The summed E-state index contributed by atoms with van der Waals surface area (Å²) in [6, 6.07) is 13.5. The van der Waals surface area contributed by atoms with E-state index in [4.69, 9.17) is 32.9 Å². The van der Waals surface area contributed by atoms with Gasteiger partial charge in [-0.05, 0) is 93.7 Å². The minimum atomic E-state index is -0.468. The first-order chi connectivity index (χ1) is 19.4. The van der Waals surface area contributed by atoms with Crippen LogP contribution >= 0.6 is 23.2 Å². The number of likely N-dealkylation sites (tertiary alicyclic amines) is 1. The average molecular weight is 586 g/mol. The highest BCUT2D eigenvalue weighted by atomic mass is 35.5. The lowest BCUT2D eigenvalue weighted by molar-refractivity contribution is 0.129. The number of nitrogens with one attached hydrogen (secondary N) is 2. The van der Waals surface area contributed by atoms with Crippen LogP contribution in [0.3, 0.4) is 0 Å². The van der Waals surface area contributed by atoms with Crippen LogP contribution in [0.25, 0.3) is 11.3 Å². The zero-order chi connectivity index (χ0) is 27.9. The molecule has 40 heavy (non-hydrogen) atoms. The number of aliphatic hydroxyl groups is 1. The molecule has 10 heteroatoms. The fourth-order valence-corrected chi connectivity index (χ4v) is 5.84. The van der Waals surface area contributed by atoms with Gasteiger partial charge in [-0.1, -0.05) is 23.2 Å². The molecule has 0 saturated carbocycles. The van der Waals surface area contributed by atoms with Crippen LogP contribution in [0.4, 0.5) is 5.82 Å². The van der Waals surface area contributed by atoms with Gasteiger partial charge in [0, 0.05) is 54.4 Å². The number of pyridine rings is 2. The van der Waals surface area contributed by atoms with Crippen molar-refractivity contribution >= 4 is 29.0 Å². The number of piperidine rings is 1. The van der Waals surface area contributed by atoms with Crippen molar-refractivity contribution in [1.82, 2.24) is 25.5 Å². The number of ether oxygens (including phenoxy) is 1. The summed E-state index contributed by atoms with van der Waals surface area (Å²) in [5.74, 6) is 2.68. The third kappa shape index (κ3) is 8.28. The summed E-state index contributed by atoms with van der Waals surface area (Å²) in [7, 11) is 0. The highest BCUT2D eigenvalue weighted by molar-refractivity contribution is 6.35. The summed E-state index contributed by atoms with van der Waals surface area (Å²) in [6.07, 6.45) is 4.59. The predicted molar refractivity (Wildman–Crippen MR) is 161 cm³/mol. The van der Waals surface area contributed by atoms with Crippen LogP contribution in [0.1, 0.15) is 31.7 Å². The largest absolute Gasteiger partial charge is 0.437 e. The Labute approximate surface area is 246 Å². The Morgan fingerprint density at radius 2 is 1.85 bits per heavy atom. The second kappa shape index (κ2) is 13.9. The van der Waals surface area contributed by atoms with Crippen LogP contribution in [0, 0.1) is 5.92 Å². The number of hydrogen-bond donors (Lipinski definition) is 3. The van der Waals surface area contributed by atoms with Crippen molar-refractivity contribution in [3.8, 4) is 22.9 Å². The van der Waals surface area contributed by atoms with Crippen molar-refractivity contribution in [1.29, 1.82) is 0 Å². The number of halogens is 2. The molecule has 0 radical (unpaired) electrons. The Hall–Kier alpha value is -2.46. The number of hydrogen-bond acceptors (Lipinski definition) is 8. The molecule has 2 aliphatic heterocycles. The number of benzene rings is 1. The van der Waals surface area contributed by atoms with Crippen molar-refractivity contribution in [3.05, 3.63) is 64.3 Å². The number of aliphatic hydroxyl groups excluding tert-OH is 1. The second-order valence-electron chi connectivity index (χ2n) is 10.7. The quantitative estimate of drug-likeness (QED) is 0.296. The first kappa shape index (κ1) is 29.0. The average Bonchev–Trinajstić information content (AvgIpc) is 3.22. The number of anilines is 1. The molecule has 2 aliphatic rings. The minimum absolute atomic E-state index is 0.468. The molecule has 2 fully saturated rings. The van der Waals surface area contributed by atoms with Crippen molar-refractivity contribution in [2.45, 2.75) is 39.0 Å². The van der Waals surface area contributed by atoms with Crippen molar-refractivity contribution in [3.63, 3.8) is 0 Å². The van der Waals surface area contributed by atoms with Crippen LogP contribution in [-0.2, 0) is 6.54 Å². The first-order valence-corrected chi connectivity index (χ1v) is 14.9. The molecule has 5 rings (SSSR count). The lowest BCUT2D eigenvalue weighted by Crippen LogP contribution is -2.38. The Bertz CT molecular complexity index is 1220. The van der Waals surface area contributed by atoms with Crippen LogP contribution in [0.15, 0.2) is 48.7 Å². The highest BCUT2D eigenvalue weighted by Crippen LogP contribution is 2.31. The minimum Gasteiger partial charge on any atom is -0.437 e. The van der Waals surface area contributed by atoms with E-state index < -0.39 is 6.23 Å². The molecule has 214 valence electrons. The first-order valence-electron chi connectivity index (χ1n) is 14.1. The molecule has 3 aromatic rings. The molecule has 0 amide bonds. The van der Waals surface area contributed by atoms with Gasteiger partial charge in [0.2, 0.25) is 5.88 Å². The van der Waals surface area contributed by atoms with Crippen LogP contribution < -0.4 is 20.3 Å². The monoisotopic (exact) mass is 584 g/mol. The summed E-state index contributed by atoms with van der Waals surface area (Å²) in [5, 5.41) is 17.2. The molecular weight excluding hydrogens is 547 g/mol. The van der Waals surface area contributed by atoms with Crippen molar-refractivity contribution in [2.24, 2.45) is 5.92 Å². The lowest BCUT2D eigenvalue weighted by Gasteiger charge is -2.32. The highest BCUT2D eigenvalue weighted by Gasteiger charge is 2.20. The van der Waals surface area contributed by atoms with Gasteiger partial charge in [-0.2, -0.15) is 0 Å². The number of nitrogens with zero attached hydrogens (tertiary/aromatic N) is 4. The summed E-state index contributed by atoms with van der Waals surface area (Å²) in [5.41, 5.74) is 2.71. The molecule has 1 atom stereocenters. The molecule has 1 unspecified atom stereocenters. The Morgan fingerprint density at radius 3 is 2.58 bits per heavy atom. The summed E-state index contributed by atoms with van der Waals surface area (Å²) >= 11 is 12.6. The standard InChI is InChI=1S/C30H38Cl2N6O2/c1-21(39)34-18-22-5-10-37(11-6-22)20-23-13-28(24-15-25(31)17-26(32)16-24)36-30(14-23)40-27-3-4-29(35-19-27)38-9-2-7-33-8-12-38/h3-4,13-17,19,21-22,33-34,39H,2,5-12,18,20H2,1H3. The van der Waals surface area contributed by atoms with Gasteiger partial charge >= 0.3 is 0 Å². The molecule has 8 nitrogen and oxygen atoms in total. The van der Waals surface area contributed by atoms with E-state index in [1.54, 1.807) is 19.2 Å². The van der Waals surface area contributed by atoms with Gasteiger partial charge in [-0.3, -0.25) is 10.2 Å². The van der Waals surface area contributed by atoms with E-state index in [2.05, 4.69) is 31.5 Å². The van der Waals surface area contributed by atoms with Gasteiger partial charge < -0.3 is 20.1 Å². The van der Waals surface area contributed by atoms with E-state index in [0.29, 0.717) is 27.6 Å². The van der Waals surface area contributed by atoms with Crippen LogP contribution in [-0.4, -0.2) is 72.0 Å². The summed E-state index contributed by atoms with van der Waals surface area (Å²) in [6.45, 7) is 9.33. The van der Waals surface area contributed by atoms with Gasteiger partial charge in [0.15, 0.2) is 0 Å². The van der Waals surface area contributed by atoms with Gasteiger partial charge in [0.25, 0.3) is 0 Å². The van der Waals surface area contributed by atoms with Crippen molar-refractivity contribution in [2.75, 3.05) is 50.7 Å². The van der Waals surface area contributed by atoms with E-state index in [-0.39, 0.29) is 0 Å². The molecular formula is C30H38Cl2N6O2. The van der Waals surface area contributed by atoms with Crippen LogP contribution in [0.2, 0.25) is 10.0 Å². The van der Waals surface area contributed by atoms with E-state index in [1.807, 2.05) is 30.3 Å². The molecule has 3 N–H and O–H groups in total. The van der Waals surface area contributed by atoms with Gasteiger partial charge in [0.05, 0.1) is 11.9 Å². The molecule has 0 aliphatic carbocycles. The molecule has 1 aromatic carbocycles. The zero-order valence-electron chi connectivity index (χ0n) is 23.0. The van der Waals surface area contributed by atoms with Crippen molar-refractivity contribution < 1.29 is 9.84 Å². The Kier molecular flexibility index (Phi) is 10.1. The van der Waals surface area contributed by atoms with Gasteiger partial charge in [-0.25, -0.2) is 9.97 Å². The summed E-state index contributed by atoms with van der Waals surface area (Å²) in [4.78, 5) is 14.2. The fourth-order valence-electron chi connectivity index (χ4n) is 5.31. The van der Waals surface area contributed by atoms with Gasteiger partial charge in [0.1, 0.15) is 17.8 Å². The Morgan fingerprint density at radius 1 is 1.05 bits per heavy atom. The summed E-state index contributed by atoms with van der Waals surface area (Å²) < 4.78 is 6.25. The maximum Gasteiger partial charge on any atom is 0.220 e. The molecule has 0 bridgehead atoms. The molecule has 0 spiro atoms. The van der Waals surface area contributed by atoms with E-state index >= 15 is 0 Å². The third-order valence-corrected chi connectivity index (χ3v) is 7.88. The molecule has 2 saturated heterocycles. The maximum atomic E-state index is 9.54. The van der Waals surface area contributed by atoms with E-state index in [9.17, 15) is 5.11 Å². The lowest BCUT2D eigenvalue weighted by atomic mass is 9.96. The SMILES string of the molecule is CC(O)NCC1CCN(Cc2cc(Oc3ccc(N4CCCNCC4)nc3)nc(-c3cc(Cl)cc(Cl)c3)c2)CC1. The Balaban J connectivity index is 1.33. The van der Waals surface area contributed by atoms with Crippen LogP contribution in [0.5, 0.6) is 11.6 Å². The molecule has 2 aromatic heterocycles.